The van der Waals surface area contributed by atoms with Gasteiger partial charge in [-0.3, -0.25) is 4.90 Å². The molecule has 1 N–H and O–H groups in total. The smallest absolute Gasteiger partial charge is 0.161 e. The van der Waals surface area contributed by atoms with E-state index < -0.39 is 0 Å². The predicted molar refractivity (Wildman–Crippen MR) is 120 cm³/mol. The maximum atomic E-state index is 6.14. The van der Waals surface area contributed by atoms with Crippen LogP contribution in [-0.4, -0.2) is 60.4 Å². The fraction of sp³-hybridized carbons (Fsp3) is 0.478. The number of aryl methyl sites for hydroxylation is 2. The summed E-state index contributed by atoms with van der Waals surface area (Å²) in [5.41, 5.74) is 1.44. The number of anilines is 1. The van der Waals surface area contributed by atoms with Gasteiger partial charge in [-0.25, -0.2) is 9.97 Å². The minimum atomic E-state index is -0.0608. The van der Waals surface area contributed by atoms with Gasteiger partial charge in [0.25, 0.3) is 0 Å². The summed E-state index contributed by atoms with van der Waals surface area (Å²) < 4.78 is 17.5. The van der Waals surface area contributed by atoms with Gasteiger partial charge >= 0.3 is 0 Å². The van der Waals surface area contributed by atoms with Crippen LogP contribution in [0.3, 0.4) is 0 Å². The minimum Gasteiger partial charge on any atom is -0.486 e. The van der Waals surface area contributed by atoms with Crippen molar-refractivity contribution in [3.05, 3.63) is 40.5 Å². The van der Waals surface area contributed by atoms with Crippen LogP contribution in [0.1, 0.15) is 22.7 Å². The number of hydrogen-bond donors (Lipinski definition) is 1. The molecule has 2 aromatic heterocycles. The van der Waals surface area contributed by atoms with E-state index in [4.69, 9.17) is 24.2 Å². The lowest BCUT2D eigenvalue weighted by Crippen LogP contribution is -2.36. The van der Waals surface area contributed by atoms with Crippen LogP contribution in [0.4, 0.5) is 5.82 Å². The van der Waals surface area contributed by atoms with Gasteiger partial charge in [0.15, 0.2) is 11.5 Å². The normalized spacial score (nSPS) is 20.7. The topological polar surface area (TPSA) is 68.7 Å². The number of thiophene rings is 1. The molecular formula is C23H26N4O3S. The largest absolute Gasteiger partial charge is 0.486 e. The lowest BCUT2D eigenvalue weighted by Gasteiger charge is -2.27. The highest BCUT2D eigenvalue weighted by Crippen LogP contribution is 2.40. The number of nitrogens with one attached hydrogen (secondary N) is 1. The van der Waals surface area contributed by atoms with Crippen molar-refractivity contribution in [1.29, 1.82) is 0 Å². The van der Waals surface area contributed by atoms with E-state index in [1.807, 2.05) is 35.6 Å². The molecule has 1 aliphatic carbocycles. The summed E-state index contributed by atoms with van der Waals surface area (Å²) in [4.78, 5) is 14.9. The molecule has 3 aliphatic rings. The Labute approximate surface area is 185 Å². The first-order chi connectivity index (χ1) is 15.3. The van der Waals surface area contributed by atoms with E-state index in [0.29, 0.717) is 13.2 Å². The van der Waals surface area contributed by atoms with Crippen molar-refractivity contribution >= 4 is 27.4 Å². The van der Waals surface area contributed by atoms with E-state index in [1.54, 1.807) is 0 Å². The Hall–Kier alpha value is -2.42. The van der Waals surface area contributed by atoms with Crippen molar-refractivity contribution in [2.75, 3.05) is 44.8 Å². The number of aromatic nitrogens is 2. The van der Waals surface area contributed by atoms with E-state index >= 15 is 0 Å². The summed E-state index contributed by atoms with van der Waals surface area (Å²) in [6, 6.07) is 7.83. The third-order valence-electron chi connectivity index (χ3n) is 6.14. The molecule has 8 heteroatoms. The number of rotatable bonds is 5. The molecule has 31 heavy (non-hydrogen) atoms. The Balaban J connectivity index is 1.25. The van der Waals surface area contributed by atoms with E-state index in [2.05, 4.69) is 10.2 Å². The summed E-state index contributed by atoms with van der Waals surface area (Å²) in [6.07, 6.45) is 3.44. The lowest BCUT2D eigenvalue weighted by molar-refractivity contribution is 0.0331. The molecule has 6 rings (SSSR count). The first-order valence-corrected chi connectivity index (χ1v) is 11.9. The van der Waals surface area contributed by atoms with Gasteiger partial charge in [-0.05, 0) is 37.0 Å². The summed E-state index contributed by atoms with van der Waals surface area (Å²) >= 11 is 1.84. The zero-order valence-corrected chi connectivity index (χ0v) is 18.2. The van der Waals surface area contributed by atoms with Crippen LogP contribution in [0.5, 0.6) is 11.5 Å². The maximum Gasteiger partial charge on any atom is 0.161 e. The summed E-state index contributed by atoms with van der Waals surface area (Å²) in [5, 5.41) is 4.80. The number of morpholine rings is 1. The van der Waals surface area contributed by atoms with Crippen LogP contribution in [-0.2, 0) is 24.1 Å². The van der Waals surface area contributed by atoms with Gasteiger partial charge in [-0.15, -0.1) is 11.3 Å². The highest BCUT2D eigenvalue weighted by Gasteiger charge is 2.25. The van der Waals surface area contributed by atoms with Gasteiger partial charge in [0.2, 0.25) is 0 Å². The van der Waals surface area contributed by atoms with Gasteiger partial charge in [0.05, 0.1) is 31.7 Å². The number of benzene rings is 1. The molecule has 3 aromatic rings. The van der Waals surface area contributed by atoms with Crippen molar-refractivity contribution in [2.24, 2.45) is 0 Å². The minimum absolute atomic E-state index is 0.0608. The second-order valence-corrected chi connectivity index (χ2v) is 9.38. The zero-order chi connectivity index (χ0) is 20.6. The summed E-state index contributed by atoms with van der Waals surface area (Å²) in [5.74, 6) is 3.43. The molecule has 0 bridgehead atoms. The van der Waals surface area contributed by atoms with Crippen LogP contribution < -0.4 is 14.8 Å². The molecule has 0 radical (unpaired) electrons. The molecule has 0 amide bonds. The van der Waals surface area contributed by atoms with Crippen molar-refractivity contribution < 1.29 is 14.2 Å². The van der Waals surface area contributed by atoms with Crippen LogP contribution >= 0.6 is 11.3 Å². The number of nitrogens with zero attached hydrogens (tertiary/aromatic N) is 3. The van der Waals surface area contributed by atoms with Crippen LogP contribution in [0.15, 0.2) is 24.3 Å². The van der Waals surface area contributed by atoms with Crippen LogP contribution in [0.2, 0.25) is 0 Å². The van der Waals surface area contributed by atoms with Gasteiger partial charge in [-0.2, -0.15) is 0 Å². The van der Waals surface area contributed by atoms with Crippen molar-refractivity contribution in [3.8, 4) is 11.5 Å². The number of ether oxygens (including phenoxy) is 3. The standard InChI is InChI=1S/C23H26N4O3S/c1-2-6-18-17(5-1)29-14-15(30-18)12-24-22-21-16-4-3-7-19(16)31-23(21)26-20(25-22)13-27-8-10-28-11-9-27/h1-2,5-6,15H,3-4,7-14H2,(H,24,25,26)/t15-/m1/s1. The quantitative estimate of drug-likeness (QED) is 0.656. The molecule has 1 atom stereocenters. The van der Waals surface area contributed by atoms with Crippen molar-refractivity contribution in [2.45, 2.75) is 31.9 Å². The number of fused-ring (bicyclic) bond motifs is 4. The predicted octanol–water partition coefficient (Wildman–Crippen LogP) is 3.26. The third-order valence-corrected chi connectivity index (χ3v) is 7.33. The SMILES string of the molecule is c1ccc2c(c1)OC[C@@H](CNc1nc(CN3CCOCC3)nc3sc4c(c13)CCC4)O2. The maximum absolute atomic E-state index is 6.14. The third kappa shape index (κ3) is 3.84. The highest BCUT2D eigenvalue weighted by molar-refractivity contribution is 7.19. The molecule has 0 spiro atoms. The molecule has 0 saturated carbocycles. The van der Waals surface area contributed by atoms with Crippen LogP contribution in [0, 0.1) is 0 Å². The van der Waals surface area contributed by atoms with Gasteiger partial charge < -0.3 is 19.5 Å². The van der Waals surface area contributed by atoms with E-state index in [9.17, 15) is 0 Å². The summed E-state index contributed by atoms with van der Waals surface area (Å²) in [7, 11) is 0. The Kier molecular flexibility index (Phi) is 5.13. The molecule has 162 valence electrons. The van der Waals surface area contributed by atoms with Gasteiger partial charge in [-0.1, -0.05) is 12.1 Å². The summed E-state index contributed by atoms with van der Waals surface area (Å²) in [6.45, 7) is 5.34. The molecule has 7 nitrogen and oxygen atoms in total. The first kappa shape index (κ1) is 19.3. The monoisotopic (exact) mass is 438 g/mol. The van der Waals surface area contributed by atoms with Crippen molar-refractivity contribution in [3.63, 3.8) is 0 Å². The Morgan fingerprint density at radius 3 is 2.87 bits per heavy atom. The van der Waals surface area contributed by atoms with E-state index in [0.717, 1.165) is 73.7 Å². The van der Waals surface area contributed by atoms with Gasteiger partial charge in [0.1, 0.15) is 29.2 Å². The van der Waals surface area contributed by atoms with E-state index in [1.165, 1.54) is 22.2 Å². The second kappa shape index (κ2) is 8.26. The van der Waals surface area contributed by atoms with E-state index in [-0.39, 0.29) is 6.10 Å². The zero-order valence-electron chi connectivity index (χ0n) is 17.4. The molecule has 4 heterocycles. The van der Waals surface area contributed by atoms with Crippen molar-refractivity contribution in [1.82, 2.24) is 14.9 Å². The molecule has 0 unspecified atom stereocenters. The highest BCUT2D eigenvalue weighted by atomic mass is 32.1. The lowest BCUT2D eigenvalue weighted by atomic mass is 10.2. The Morgan fingerprint density at radius 1 is 1.10 bits per heavy atom. The number of para-hydroxylation sites is 2. The molecule has 1 aromatic carbocycles. The molecule has 1 fully saturated rings. The molecule has 1 saturated heterocycles. The van der Waals surface area contributed by atoms with Crippen LogP contribution in [0.25, 0.3) is 10.2 Å². The Morgan fingerprint density at radius 2 is 1.97 bits per heavy atom. The molecular weight excluding hydrogens is 412 g/mol. The fourth-order valence-electron chi connectivity index (χ4n) is 4.57. The average Bonchev–Trinajstić information content (AvgIpc) is 3.39. The Bertz CT molecular complexity index is 1100. The number of hydrogen-bond acceptors (Lipinski definition) is 8. The first-order valence-electron chi connectivity index (χ1n) is 11.1. The van der Waals surface area contributed by atoms with Gasteiger partial charge in [0, 0.05) is 18.0 Å². The fourth-order valence-corrected chi connectivity index (χ4v) is 5.85. The molecule has 2 aliphatic heterocycles. The second-order valence-electron chi connectivity index (χ2n) is 8.29. The average molecular weight is 439 g/mol.